The van der Waals surface area contributed by atoms with Gasteiger partial charge in [0.2, 0.25) is 17.8 Å². The van der Waals surface area contributed by atoms with Crippen molar-refractivity contribution in [2.24, 2.45) is 0 Å². The van der Waals surface area contributed by atoms with Crippen LogP contribution in [0.5, 0.6) is 0 Å². The molecule has 0 saturated carbocycles. The molecule has 3 aromatic rings. The maximum absolute atomic E-state index is 5.89. The molecule has 3 heterocycles. The number of nitrogens with zero attached hydrogens (tertiary/aromatic N) is 5. The van der Waals surface area contributed by atoms with Gasteiger partial charge < -0.3 is 25.8 Å². The minimum absolute atomic E-state index is 0.253. The summed E-state index contributed by atoms with van der Waals surface area (Å²) in [4.78, 5) is 20.8. The molecule has 136 valence electrons. The molecule has 2 aromatic heterocycles. The van der Waals surface area contributed by atoms with Crippen LogP contribution in [0.15, 0.2) is 30.5 Å². The molecule has 8 heteroatoms. The highest BCUT2D eigenvalue weighted by Gasteiger charge is 2.18. The van der Waals surface area contributed by atoms with Gasteiger partial charge in [-0.25, -0.2) is 0 Å². The third-order valence-corrected chi connectivity index (χ3v) is 4.78. The predicted octanol–water partition coefficient (Wildman–Crippen LogP) is 1.34. The molecule has 4 rings (SSSR count). The number of nitrogens with one attached hydrogen (secondary N) is 2. The number of nitrogens with two attached hydrogens (primary N) is 1. The summed E-state index contributed by atoms with van der Waals surface area (Å²) in [7, 11) is 2.12. The number of H-pyrrole nitrogens is 1. The van der Waals surface area contributed by atoms with E-state index in [2.05, 4.69) is 66.5 Å². The number of fused-ring (bicyclic) bond motifs is 1. The summed E-state index contributed by atoms with van der Waals surface area (Å²) in [6, 6.07) is 8.31. The summed E-state index contributed by atoms with van der Waals surface area (Å²) in [5.74, 6) is 1.44. The number of nitrogen functional groups attached to an aromatic ring is 1. The third kappa shape index (κ3) is 3.55. The fourth-order valence-electron chi connectivity index (χ4n) is 3.26. The molecule has 4 N–H and O–H groups in total. The topological polar surface area (TPSA) is 99.0 Å². The highest BCUT2D eigenvalue weighted by atomic mass is 15.3. The van der Waals surface area contributed by atoms with E-state index in [9.17, 15) is 0 Å². The Morgan fingerprint density at radius 2 is 1.92 bits per heavy atom. The van der Waals surface area contributed by atoms with Crippen LogP contribution in [0.4, 0.5) is 17.8 Å². The van der Waals surface area contributed by atoms with E-state index in [-0.39, 0.29) is 5.95 Å². The number of hydrogen-bond acceptors (Lipinski definition) is 7. The first kappa shape index (κ1) is 16.6. The smallest absolute Gasteiger partial charge is 0.232 e. The third-order valence-electron chi connectivity index (χ3n) is 4.78. The van der Waals surface area contributed by atoms with E-state index >= 15 is 0 Å². The van der Waals surface area contributed by atoms with Crippen LogP contribution >= 0.6 is 0 Å². The molecule has 0 bridgehead atoms. The molecule has 1 aromatic carbocycles. The Bertz CT molecular complexity index is 882. The van der Waals surface area contributed by atoms with E-state index < -0.39 is 0 Å². The summed E-state index contributed by atoms with van der Waals surface area (Å²) in [6.45, 7) is 4.51. The second kappa shape index (κ2) is 7.17. The lowest BCUT2D eigenvalue weighted by Gasteiger charge is -2.32. The van der Waals surface area contributed by atoms with E-state index in [4.69, 9.17) is 5.73 Å². The quantitative estimate of drug-likeness (QED) is 0.637. The lowest BCUT2D eigenvalue weighted by Crippen LogP contribution is -2.45. The lowest BCUT2D eigenvalue weighted by molar-refractivity contribution is 0.311. The van der Waals surface area contributed by atoms with Crippen molar-refractivity contribution in [2.75, 3.05) is 55.7 Å². The van der Waals surface area contributed by atoms with Crippen molar-refractivity contribution in [3.05, 3.63) is 36.0 Å². The number of benzene rings is 1. The lowest BCUT2D eigenvalue weighted by atomic mass is 10.1. The van der Waals surface area contributed by atoms with E-state index in [0.29, 0.717) is 11.9 Å². The zero-order chi connectivity index (χ0) is 17.9. The van der Waals surface area contributed by atoms with Gasteiger partial charge in [0.25, 0.3) is 0 Å². The van der Waals surface area contributed by atoms with Crippen LogP contribution in [0.3, 0.4) is 0 Å². The van der Waals surface area contributed by atoms with Gasteiger partial charge in [-0.1, -0.05) is 18.2 Å². The van der Waals surface area contributed by atoms with E-state index in [1.54, 1.807) is 0 Å². The Kier molecular flexibility index (Phi) is 4.57. The summed E-state index contributed by atoms with van der Waals surface area (Å²) >= 11 is 0. The van der Waals surface area contributed by atoms with Gasteiger partial charge in [-0.15, -0.1) is 0 Å². The molecule has 1 aliphatic heterocycles. The number of likely N-dealkylation sites (N-methyl/N-ethyl adjacent to an activating group) is 1. The first-order valence-corrected chi connectivity index (χ1v) is 8.93. The van der Waals surface area contributed by atoms with Crippen molar-refractivity contribution in [1.29, 1.82) is 0 Å². The Balaban J connectivity index is 1.41. The molecular weight excluding hydrogens is 328 g/mol. The minimum Gasteiger partial charge on any atom is -0.368 e. The maximum Gasteiger partial charge on any atom is 0.232 e. The van der Waals surface area contributed by atoms with Crippen molar-refractivity contribution in [2.45, 2.75) is 6.42 Å². The summed E-state index contributed by atoms with van der Waals surface area (Å²) in [5, 5.41) is 4.54. The Morgan fingerprint density at radius 3 is 2.77 bits per heavy atom. The highest BCUT2D eigenvalue weighted by Crippen LogP contribution is 2.18. The SMILES string of the molecule is CN1CCN(c2nc(N)nc(NCCc3c[nH]c4ccccc34)n2)CC1. The number of aromatic nitrogens is 4. The first-order chi connectivity index (χ1) is 12.7. The fourth-order valence-corrected chi connectivity index (χ4v) is 3.26. The average Bonchev–Trinajstić information content (AvgIpc) is 3.05. The van der Waals surface area contributed by atoms with E-state index in [0.717, 1.165) is 44.7 Å². The van der Waals surface area contributed by atoms with Gasteiger partial charge in [0, 0.05) is 49.8 Å². The predicted molar refractivity (Wildman–Crippen MR) is 104 cm³/mol. The molecule has 0 spiro atoms. The van der Waals surface area contributed by atoms with Gasteiger partial charge in [0.15, 0.2) is 0 Å². The van der Waals surface area contributed by atoms with Crippen LogP contribution in [0.25, 0.3) is 10.9 Å². The second-order valence-electron chi connectivity index (χ2n) is 6.64. The van der Waals surface area contributed by atoms with Crippen LogP contribution in [0, 0.1) is 0 Å². The molecule has 26 heavy (non-hydrogen) atoms. The summed E-state index contributed by atoms with van der Waals surface area (Å²) in [6.07, 6.45) is 2.93. The molecule has 0 amide bonds. The number of aromatic amines is 1. The van der Waals surface area contributed by atoms with Crippen LogP contribution in [0.1, 0.15) is 5.56 Å². The van der Waals surface area contributed by atoms with Crippen molar-refractivity contribution < 1.29 is 0 Å². The number of hydrogen-bond donors (Lipinski definition) is 3. The van der Waals surface area contributed by atoms with Gasteiger partial charge in [-0.3, -0.25) is 0 Å². The zero-order valence-electron chi connectivity index (χ0n) is 14.9. The van der Waals surface area contributed by atoms with Gasteiger partial charge >= 0.3 is 0 Å². The van der Waals surface area contributed by atoms with Crippen LogP contribution < -0.4 is 16.0 Å². The molecule has 0 radical (unpaired) electrons. The normalized spacial score (nSPS) is 15.5. The van der Waals surface area contributed by atoms with Crippen molar-refractivity contribution in [3.8, 4) is 0 Å². The molecule has 1 fully saturated rings. The Morgan fingerprint density at radius 1 is 1.12 bits per heavy atom. The van der Waals surface area contributed by atoms with Gasteiger partial charge in [0.05, 0.1) is 0 Å². The molecule has 0 atom stereocenters. The van der Waals surface area contributed by atoms with Gasteiger partial charge in [-0.2, -0.15) is 15.0 Å². The van der Waals surface area contributed by atoms with Crippen LogP contribution in [0.2, 0.25) is 0 Å². The molecule has 1 aliphatic rings. The van der Waals surface area contributed by atoms with Gasteiger partial charge in [-0.05, 0) is 25.1 Å². The highest BCUT2D eigenvalue weighted by molar-refractivity contribution is 5.83. The van der Waals surface area contributed by atoms with Gasteiger partial charge in [0.1, 0.15) is 0 Å². The van der Waals surface area contributed by atoms with E-state index in [1.165, 1.54) is 10.9 Å². The van der Waals surface area contributed by atoms with Crippen molar-refractivity contribution in [3.63, 3.8) is 0 Å². The number of para-hydroxylation sites is 1. The molecule has 8 nitrogen and oxygen atoms in total. The standard InChI is InChI=1S/C18H24N8/c1-25-8-10-26(11-9-25)18-23-16(19)22-17(24-18)20-7-6-13-12-21-15-5-3-2-4-14(13)15/h2-5,12,21H,6-11H2,1H3,(H3,19,20,22,23,24). The molecule has 1 saturated heterocycles. The van der Waals surface area contributed by atoms with Crippen molar-refractivity contribution >= 4 is 28.7 Å². The molecule has 0 unspecified atom stereocenters. The largest absolute Gasteiger partial charge is 0.368 e. The average molecular weight is 352 g/mol. The number of piperazine rings is 1. The Hall–Kier alpha value is -2.87. The number of rotatable bonds is 5. The first-order valence-electron chi connectivity index (χ1n) is 8.93. The van der Waals surface area contributed by atoms with Crippen LogP contribution in [-0.2, 0) is 6.42 Å². The van der Waals surface area contributed by atoms with Crippen molar-refractivity contribution in [1.82, 2.24) is 24.8 Å². The fraction of sp³-hybridized carbons (Fsp3) is 0.389. The Labute approximate surface area is 152 Å². The van der Waals surface area contributed by atoms with E-state index in [1.807, 2.05) is 6.07 Å². The van der Waals surface area contributed by atoms with Crippen LogP contribution in [-0.4, -0.2) is 64.6 Å². The maximum atomic E-state index is 5.89. The molecular formula is C18H24N8. The summed E-state index contributed by atoms with van der Waals surface area (Å²) in [5.41, 5.74) is 8.32. The minimum atomic E-state index is 0.253. The second-order valence-corrected chi connectivity index (χ2v) is 6.64. The summed E-state index contributed by atoms with van der Waals surface area (Å²) < 4.78 is 0. The monoisotopic (exact) mass is 352 g/mol. The molecule has 0 aliphatic carbocycles. The zero-order valence-corrected chi connectivity index (χ0v) is 14.9. The number of anilines is 3.